The summed E-state index contributed by atoms with van der Waals surface area (Å²) in [5.41, 5.74) is 9.90. The van der Waals surface area contributed by atoms with Crippen LogP contribution in [0.4, 0.5) is 0 Å². The molecule has 3 rings (SSSR count). The lowest BCUT2D eigenvalue weighted by atomic mass is 9.96. The van der Waals surface area contributed by atoms with Gasteiger partial charge in [0.2, 0.25) is 0 Å². The third-order valence-electron chi connectivity index (χ3n) is 3.67. The molecule has 1 aliphatic rings. The van der Waals surface area contributed by atoms with Crippen LogP contribution in [-0.4, -0.2) is 6.54 Å². The minimum atomic E-state index is 0.677. The molecule has 0 bridgehead atoms. The van der Waals surface area contributed by atoms with Crippen molar-refractivity contribution in [3.05, 3.63) is 60.2 Å². The average Bonchev–Trinajstić information content (AvgIpc) is 3.19. The molecule has 2 N–H and O–H groups in total. The Morgan fingerprint density at radius 3 is 2.35 bits per heavy atom. The molecule has 86 valence electrons. The molecule has 1 heteroatoms. The van der Waals surface area contributed by atoms with Crippen LogP contribution in [-0.2, 0) is 0 Å². The number of nitrogens with two attached hydrogens (primary N) is 1. The zero-order valence-electron chi connectivity index (χ0n) is 9.84. The van der Waals surface area contributed by atoms with E-state index in [1.54, 1.807) is 0 Å². The maximum absolute atomic E-state index is 5.75. The molecule has 0 spiro atoms. The number of benzene rings is 2. The fourth-order valence-electron chi connectivity index (χ4n) is 2.59. The first-order valence-electron chi connectivity index (χ1n) is 6.24. The predicted molar refractivity (Wildman–Crippen MR) is 71.8 cm³/mol. The van der Waals surface area contributed by atoms with Gasteiger partial charge in [0.05, 0.1) is 0 Å². The first-order valence-corrected chi connectivity index (χ1v) is 6.24. The van der Waals surface area contributed by atoms with E-state index in [1.807, 2.05) is 0 Å². The van der Waals surface area contributed by atoms with E-state index in [4.69, 9.17) is 5.73 Å². The summed E-state index contributed by atoms with van der Waals surface area (Å²) < 4.78 is 0. The quantitative estimate of drug-likeness (QED) is 0.847. The molecule has 1 fully saturated rings. The van der Waals surface area contributed by atoms with Crippen LogP contribution in [0.1, 0.15) is 17.9 Å². The van der Waals surface area contributed by atoms with E-state index < -0.39 is 0 Å². The van der Waals surface area contributed by atoms with E-state index in [0.29, 0.717) is 11.8 Å². The highest BCUT2D eigenvalue weighted by atomic mass is 14.6. The van der Waals surface area contributed by atoms with Gasteiger partial charge in [0, 0.05) is 0 Å². The maximum Gasteiger partial charge on any atom is -0.00428 e. The van der Waals surface area contributed by atoms with Crippen molar-refractivity contribution in [2.45, 2.75) is 12.3 Å². The first kappa shape index (κ1) is 10.5. The summed E-state index contributed by atoms with van der Waals surface area (Å²) in [6.07, 6.45) is 1.25. The van der Waals surface area contributed by atoms with Crippen LogP contribution in [0.2, 0.25) is 0 Å². The largest absolute Gasteiger partial charge is 0.330 e. The maximum atomic E-state index is 5.75. The molecular weight excluding hydrogens is 206 g/mol. The Bertz CT molecular complexity index is 504. The summed E-state index contributed by atoms with van der Waals surface area (Å²) in [7, 11) is 0. The highest BCUT2D eigenvalue weighted by molar-refractivity contribution is 5.68. The number of rotatable bonds is 3. The van der Waals surface area contributed by atoms with E-state index in [0.717, 1.165) is 6.54 Å². The Balaban J connectivity index is 2.00. The lowest BCUT2D eigenvalue weighted by Gasteiger charge is -2.09. The van der Waals surface area contributed by atoms with Crippen LogP contribution < -0.4 is 5.73 Å². The van der Waals surface area contributed by atoms with Crippen molar-refractivity contribution in [1.82, 2.24) is 0 Å². The molecule has 1 aliphatic carbocycles. The second-order valence-corrected chi connectivity index (χ2v) is 4.79. The van der Waals surface area contributed by atoms with Crippen LogP contribution >= 0.6 is 0 Å². The summed E-state index contributed by atoms with van der Waals surface area (Å²) in [6, 6.07) is 19.3. The predicted octanol–water partition coefficient (Wildman–Crippen LogP) is 3.42. The molecule has 1 nitrogen and oxygen atoms in total. The van der Waals surface area contributed by atoms with Gasteiger partial charge in [-0.2, -0.15) is 0 Å². The third kappa shape index (κ3) is 1.98. The number of hydrogen-bond donors (Lipinski definition) is 1. The van der Waals surface area contributed by atoms with E-state index in [1.165, 1.54) is 23.1 Å². The van der Waals surface area contributed by atoms with Crippen LogP contribution in [0.15, 0.2) is 54.6 Å². The normalized spacial score (nSPS) is 22.4. The molecule has 1 saturated carbocycles. The van der Waals surface area contributed by atoms with Gasteiger partial charge in [0.15, 0.2) is 0 Å². The smallest absolute Gasteiger partial charge is 0.00428 e. The summed E-state index contributed by atoms with van der Waals surface area (Å²) in [5, 5.41) is 0. The average molecular weight is 223 g/mol. The molecule has 2 aromatic carbocycles. The van der Waals surface area contributed by atoms with Crippen molar-refractivity contribution in [3.63, 3.8) is 0 Å². The molecule has 0 saturated heterocycles. The van der Waals surface area contributed by atoms with Gasteiger partial charge < -0.3 is 5.73 Å². The monoisotopic (exact) mass is 223 g/mol. The van der Waals surface area contributed by atoms with Gasteiger partial charge in [0.1, 0.15) is 0 Å². The molecule has 2 atom stereocenters. The van der Waals surface area contributed by atoms with Gasteiger partial charge in [-0.1, -0.05) is 54.6 Å². The van der Waals surface area contributed by atoms with Gasteiger partial charge >= 0.3 is 0 Å². The van der Waals surface area contributed by atoms with E-state index >= 15 is 0 Å². The third-order valence-corrected chi connectivity index (χ3v) is 3.67. The standard InChI is InChI=1S/C16H17N/c17-11-13-10-16(13)15-9-5-4-8-14(15)12-6-2-1-3-7-12/h1-9,13,16H,10-11,17H2. The minimum Gasteiger partial charge on any atom is -0.330 e. The summed E-state index contributed by atoms with van der Waals surface area (Å²) in [6.45, 7) is 0.813. The molecule has 0 heterocycles. The number of hydrogen-bond acceptors (Lipinski definition) is 1. The van der Waals surface area contributed by atoms with Gasteiger partial charge in [0.25, 0.3) is 0 Å². The Labute approximate surface area is 102 Å². The molecule has 17 heavy (non-hydrogen) atoms. The van der Waals surface area contributed by atoms with Crippen LogP contribution in [0.3, 0.4) is 0 Å². The second kappa shape index (κ2) is 4.34. The van der Waals surface area contributed by atoms with Gasteiger partial charge in [-0.3, -0.25) is 0 Å². The van der Waals surface area contributed by atoms with Crippen molar-refractivity contribution in [3.8, 4) is 11.1 Å². The van der Waals surface area contributed by atoms with E-state index in [-0.39, 0.29) is 0 Å². The zero-order chi connectivity index (χ0) is 11.7. The first-order chi connectivity index (χ1) is 8.40. The fourth-order valence-corrected chi connectivity index (χ4v) is 2.59. The lowest BCUT2D eigenvalue weighted by molar-refractivity contribution is 0.810. The Hall–Kier alpha value is -1.60. The molecule has 2 aromatic rings. The topological polar surface area (TPSA) is 26.0 Å². The van der Waals surface area contributed by atoms with Crippen LogP contribution in [0, 0.1) is 5.92 Å². The molecule has 2 unspecified atom stereocenters. The van der Waals surface area contributed by atoms with Crippen molar-refractivity contribution >= 4 is 0 Å². The summed E-state index contributed by atoms with van der Waals surface area (Å²) in [5.74, 6) is 1.37. The van der Waals surface area contributed by atoms with Crippen LogP contribution in [0.5, 0.6) is 0 Å². The van der Waals surface area contributed by atoms with E-state index in [2.05, 4.69) is 54.6 Å². The van der Waals surface area contributed by atoms with Crippen molar-refractivity contribution < 1.29 is 0 Å². The Morgan fingerprint density at radius 1 is 0.941 bits per heavy atom. The molecule has 0 radical (unpaired) electrons. The molecule has 0 aliphatic heterocycles. The van der Waals surface area contributed by atoms with Crippen molar-refractivity contribution in [2.75, 3.05) is 6.54 Å². The lowest BCUT2D eigenvalue weighted by Crippen LogP contribution is -2.02. The SMILES string of the molecule is NCC1CC1c1ccccc1-c1ccccc1. The Kier molecular flexibility index (Phi) is 2.69. The molecule has 0 aromatic heterocycles. The fraction of sp³-hybridized carbons (Fsp3) is 0.250. The Morgan fingerprint density at radius 2 is 1.65 bits per heavy atom. The highest BCUT2D eigenvalue weighted by Crippen LogP contribution is 2.49. The van der Waals surface area contributed by atoms with Crippen LogP contribution in [0.25, 0.3) is 11.1 Å². The van der Waals surface area contributed by atoms with Gasteiger partial charge in [-0.25, -0.2) is 0 Å². The minimum absolute atomic E-state index is 0.677. The molecular formula is C16H17N. The zero-order valence-corrected chi connectivity index (χ0v) is 9.84. The van der Waals surface area contributed by atoms with Gasteiger partial charge in [-0.15, -0.1) is 0 Å². The van der Waals surface area contributed by atoms with Crippen molar-refractivity contribution in [1.29, 1.82) is 0 Å². The summed E-state index contributed by atoms with van der Waals surface area (Å²) >= 11 is 0. The molecule has 0 amide bonds. The summed E-state index contributed by atoms with van der Waals surface area (Å²) in [4.78, 5) is 0. The van der Waals surface area contributed by atoms with E-state index in [9.17, 15) is 0 Å². The second-order valence-electron chi connectivity index (χ2n) is 4.79. The van der Waals surface area contributed by atoms with Gasteiger partial charge in [-0.05, 0) is 41.5 Å². The van der Waals surface area contributed by atoms with Crippen molar-refractivity contribution in [2.24, 2.45) is 11.7 Å². The highest BCUT2D eigenvalue weighted by Gasteiger charge is 2.38.